The van der Waals surface area contributed by atoms with Gasteiger partial charge in [-0.15, -0.1) is 10.2 Å². The summed E-state index contributed by atoms with van der Waals surface area (Å²) in [6.45, 7) is 3.22. The molecule has 1 aliphatic heterocycles. The molecule has 0 N–H and O–H groups in total. The molecule has 1 saturated heterocycles. The van der Waals surface area contributed by atoms with Crippen molar-refractivity contribution in [2.24, 2.45) is 0 Å². The number of aromatic nitrogens is 2. The lowest BCUT2D eigenvalue weighted by atomic mass is 10.1. The van der Waals surface area contributed by atoms with Gasteiger partial charge in [-0.05, 0) is 30.7 Å². The van der Waals surface area contributed by atoms with E-state index in [9.17, 15) is 18.5 Å². The standard InChI is InChI=1S/C21H20ClN5O4S/c1-15-4-2-3-5-17(15)19-8-9-21(24-23-19)25-10-12-26(13-11-25)32(30,31)20-14-16(27(28)29)6-7-18(20)22/h2-9,14H,10-13H2,1H3. The van der Waals surface area contributed by atoms with Crippen molar-refractivity contribution in [1.29, 1.82) is 0 Å². The molecule has 3 aromatic rings. The lowest BCUT2D eigenvalue weighted by molar-refractivity contribution is -0.385. The molecule has 0 aliphatic carbocycles. The van der Waals surface area contributed by atoms with Gasteiger partial charge in [-0.1, -0.05) is 35.9 Å². The molecule has 0 amide bonds. The monoisotopic (exact) mass is 473 g/mol. The van der Waals surface area contributed by atoms with E-state index in [1.807, 2.05) is 48.2 Å². The summed E-state index contributed by atoms with van der Waals surface area (Å²) in [5, 5.41) is 19.6. The summed E-state index contributed by atoms with van der Waals surface area (Å²) in [6.07, 6.45) is 0. The number of piperazine rings is 1. The van der Waals surface area contributed by atoms with E-state index in [1.165, 1.54) is 16.4 Å². The van der Waals surface area contributed by atoms with Gasteiger partial charge in [0.05, 0.1) is 15.6 Å². The average molecular weight is 474 g/mol. The van der Waals surface area contributed by atoms with Crippen LogP contribution in [0.1, 0.15) is 5.56 Å². The number of non-ortho nitro benzene ring substituents is 1. The third-order valence-corrected chi connectivity index (χ3v) is 7.76. The highest BCUT2D eigenvalue weighted by atomic mass is 35.5. The number of nitro benzene ring substituents is 1. The Morgan fingerprint density at radius 3 is 2.34 bits per heavy atom. The number of hydrogen-bond acceptors (Lipinski definition) is 7. The van der Waals surface area contributed by atoms with E-state index >= 15 is 0 Å². The number of aryl methyl sites for hydroxylation is 1. The summed E-state index contributed by atoms with van der Waals surface area (Å²) in [5.41, 5.74) is 2.56. The topological polar surface area (TPSA) is 110 Å². The van der Waals surface area contributed by atoms with Crippen molar-refractivity contribution in [2.45, 2.75) is 11.8 Å². The van der Waals surface area contributed by atoms with Crippen molar-refractivity contribution >= 4 is 33.1 Å². The number of hydrogen-bond donors (Lipinski definition) is 0. The second-order valence-electron chi connectivity index (χ2n) is 7.35. The molecular formula is C21H20ClN5O4S. The SMILES string of the molecule is Cc1ccccc1-c1ccc(N2CCN(S(=O)(=O)c3cc([N+](=O)[O-])ccc3Cl)CC2)nn1. The molecule has 1 aliphatic rings. The predicted octanol–water partition coefficient (Wildman–Crippen LogP) is 3.52. The van der Waals surface area contributed by atoms with Crippen LogP contribution < -0.4 is 4.90 Å². The van der Waals surface area contributed by atoms with Crippen LogP contribution in [0.25, 0.3) is 11.3 Å². The number of sulfonamides is 1. The summed E-state index contributed by atoms with van der Waals surface area (Å²) in [5.74, 6) is 0.660. The Morgan fingerprint density at radius 1 is 1.00 bits per heavy atom. The minimum atomic E-state index is -3.97. The summed E-state index contributed by atoms with van der Waals surface area (Å²) >= 11 is 6.05. The molecule has 0 saturated carbocycles. The third kappa shape index (κ3) is 4.29. The Morgan fingerprint density at radius 2 is 1.72 bits per heavy atom. The lowest BCUT2D eigenvalue weighted by Gasteiger charge is -2.34. The molecule has 2 heterocycles. The zero-order valence-electron chi connectivity index (χ0n) is 17.2. The number of nitrogens with zero attached hydrogens (tertiary/aromatic N) is 5. The van der Waals surface area contributed by atoms with Crippen molar-refractivity contribution in [3.8, 4) is 11.3 Å². The smallest absolute Gasteiger partial charge is 0.270 e. The summed E-state index contributed by atoms with van der Waals surface area (Å²) in [7, 11) is -3.97. The maximum absolute atomic E-state index is 13.0. The van der Waals surface area contributed by atoms with Gasteiger partial charge in [-0.25, -0.2) is 8.42 Å². The van der Waals surface area contributed by atoms with Crippen LogP contribution in [0, 0.1) is 17.0 Å². The van der Waals surface area contributed by atoms with E-state index in [2.05, 4.69) is 10.2 Å². The first-order chi connectivity index (χ1) is 15.3. The Kier molecular flexibility index (Phi) is 6.09. The fourth-order valence-corrected chi connectivity index (χ4v) is 5.51. The lowest BCUT2D eigenvalue weighted by Crippen LogP contribution is -2.49. The molecule has 4 rings (SSSR count). The first-order valence-corrected chi connectivity index (χ1v) is 11.7. The van der Waals surface area contributed by atoms with E-state index in [1.54, 1.807) is 0 Å². The molecular weight excluding hydrogens is 454 g/mol. The number of benzene rings is 2. The molecule has 1 fully saturated rings. The molecule has 0 atom stereocenters. The molecule has 1 aromatic heterocycles. The quantitative estimate of drug-likeness (QED) is 0.411. The number of rotatable bonds is 5. The Hall–Kier alpha value is -3.08. The fourth-order valence-electron chi connectivity index (χ4n) is 3.60. The van der Waals surface area contributed by atoms with E-state index in [0.29, 0.717) is 18.9 Å². The van der Waals surface area contributed by atoms with Crippen LogP contribution in [0.3, 0.4) is 0 Å². The van der Waals surface area contributed by atoms with Crippen LogP contribution in [0.4, 0.5) is 11.5 Å². The van der Waals surface area contributed by atoms with Gasteiger partial charge in [-0.3, -0.25) is 10.1 Å². The number of halogens is 1. The van der Waals surface area contributed by atoms with Crippen LogP contribution in [0.5, 0.6) is 0 Å². The Labute approximate surface area is 190 Å². The fraction of sp³-hybridized carbons (Fsp3) is 0.238. The largest absolute Gasteiger partial charge is 0.352 e. The Bertz CT molecular complexity index is 1260. The molecule has 32 heavy (non-hydrogen) atoms. The average Bonchev–Trinajstić information content (AvgIpc) is 2.79. The van der Waals surface area contributed by atoms with Crippen LogP contribution >= 0.6 is 11.6 Å². The molecule has 0 unspecified atom stereocenters. The van der Waals surface area contributed by atoms with Crippen molar-refractivity contribution in [3.63, 3.8) is 0 Å². The van der Waals surface area contributed by atoms with Gasteiger partial charge in [0.15, 0.2) is 5.82 Å². The van der Waals surface area contributed by atoms with Crippen molar-refractivity contribution in [1.82, 2.24) is 14.5 Å². The maximum Gasteiger partial charge on any atom is 0.270 e. The predicted molar refractivity (Wildman–Crippen MR) is 121 cm³/mol. The zero-order chi connectivity index (χ0) is 22.9. The van der Waals surface area contributed by atoms with Crippen LogP contribution in [0.2, 0.25) is 5.02 Å². The maximum atomic E-state index is 13.0. The van der Waals surface area contributed by atoms with E-state index in [0.717, 1.165) is 22.9 Å². The molecule has 11 heteroatoms. The second kappa shape index (κ2) is 8.81. The molecule has 2 aromatic carbocycles. The number of anilines is 1. The van der Waals surface area contributed by atoms with Crippen molar-refractivity contribution in [2.75, 3.05) is 31.1 Å². The van der Waals surface area contributed by atoms with Gasteiger partial charge in [0, 0.05) is 43.9 Å². The molecule has 9 nitrogen and oxygen atoms in total. The number of nitro groups is 1. The molecule has 0 bridgehead atoms. The van der Waals surface area contributed by atoms with Gasteiger partial charge in [0.25, 0.3) is 5.69 Å². The summed E-state index contributed by atoms with van der Waals surface area (Å²) in [4.78, 5) is 12.1. The van der Waals surface area contributed by atoms with Crippen molar-refractivity contribution < 1.29 is 13.3 Å². The highest BCUT2D eigenvalue weighted by Crippen LogP contribution is 2.30. The van der Waals surface area contributed by atoms with Gasteiger partial charge < -0.3 is 4.90 Å². The molecule has 0 spiro atoms. The highest BCUT2D eigenvalue weighted by Gasteiger charge is 2.31. The van der Waals surface area contributed by atoms with Gasteiger partial charge in [-0.2, -0.15) is 4.31 Å². The first kappa shape index (κ1) is 22.1. The normalized spacial score (nSPS) is 15.0. The minimum Gasteiger partial charge on any atom is -0.352 e. The Balaban J connectivity index is 1.48. The third-order valence-electron chi connectivity index (χ3n) is 5.38. The van der Waals surface area contributed by atoms with Gasteiger partial charge >= 0.3 is 0 Å². The highest BCUT2D eigenvalue weighted by molar-refractivity contribution is 7.89. The molecule has 166 valence electrons. The van der Waals surface area contributed by atoms with Crippen molar-refractivity contribution in [3.05, 3.63) is 75.3 Å². The summed E-state index contributed by atoms with van der Waals surface area (Å²) < 4.78 is 27.3. The van der Waals surface area contributed by atoms with Gasteiger partial charge in [0.2, 0.25) is 10.0 Å². The van der Waals surface area contributed by atoms with Crippen LogP contribution in [-0.2, 0) is 10.0 Å². The summed E-state index contributed by atoms with van der Waals surface area (Å²) in [6, 6.07) is 15.1. The first-order valence-electron chi connectivity index (χ1n) is 9.86. The van der Waals surface area contributed by atoms with E-state index in [4.69, 9.17) is 11.6 Å². The van der Waals surface area contributed by atoms with E-state index in [-0.39, 0.29) is 28.7 Å². The van der Waals surface area contributed by atoms with Gasteiger partial charge in [0.1, 0.15) is 4.90 Å². The molecule has 0 radical (unpaired) electrons. The zero-order valence-corrected chi connectivity index (χ0v) is 18.8. The van der Waals surface area contributed by atoms with E-state index < -0.39 is 14.9 Å². The van der Waals surface area contributed by atoms with Crippen LogP contribution in [0.15, 0.2) is 59.5 Å². The van der Waals surface area contributed by atoms with Crippen LogP contribution in [-0.4, -0.2) is 54.0 Å². The second-order valence-corrected chi connectivity index (χ2v) is 9.67. The minimum absolute atomic E-state index is 0.0457.